The van der Waals surface area contributed by atoms with Crippen LogP contribution in [0.2, 0.25) is 0 Å². The third-order valence-electron chi connectivity index (χ3n) is 4.53. The van der Waals surface area contributed by atoms with E-state index in [-0.39, 0.29) is 0 Å². The molecule has 0 amide bonds. The molecule has 2 unspecified atom stereocenters. The van der Waals surface area contributed by atoms with Gasteiger partial charge in [-0.15, -0.1) is 0 Å². The summed E-state index contributed by atoms with van der Waals surface area (Å²) in [4.78, 5) is 13.9. The number of hydrogen-bond donors (Lipinski definition) is 1. The lowest BCUT2D eigenvalue weighted by Crippen LogP contribution is -2.48. The van der Waals surface area contributed by atoms with E-state index in [4.69, 9.17) is 9.47 Å². The monoisotopic (exact) mass is 271 g/mol. The molecule has 1 aliphatic carbocycles. The molecule has 1 saturated carbocycles. The molecule has 110 valence electrons. The first kappa shape index (κ1) is 14.8. The van der Waals surface area contributed by atoms with Crippen LogP contribution in [0.15, 0.2) is 0 Å². The van der Waals surface area contributed by atoms with Gasteiger partial charge >= 0.3 is 5.97 Å². The van der Waals surface area contributed by atoms with Crippen LogP contribution in [0.1, 0.15) is 26.2 Å². The normalized spacial score (nSPS) is 28.8. The molecule has 5 nitrogen and oxygen atoms in total. The number of methoxy groups -OCH3 is 1. The highest BCUT2D eigenvalue weighted by atomic mass is 16.5. The van der Waals surface area contributed by atoms with Crippen LogP contribution >= 0.6 is 0 Å². The Hall–Kier alpha value is -0.650. The standard InChI is InChI=1S/C14H25NO4/c1-11(12-3-4-12)15(6-8-18-2)9-14(13(16)17)5-7-19-10-14/h11-12H,3-10H2,1-2H3,(H,16,17). The Labute approximate surface area is 114 Å². The van der Waals surface area contributed by atoms with Gasteiger partial charge in [0.1, 0.15) is 5.41 Å². The fraction of sp³-hybridized carbons (Fsp3) is 0.929. The number of carbonyl (C=O) groups is 1. The number of carboxylic acids is 1. The van der Waals surface area contributed by atoms with Gasteiger partial charge in [0, 0.05) is 32.8 Å². The van der Waals surface area contributed by atoms with Crippen molar-refractivity contribution in [2.24, 2.45) is 11.3 Å². The summed E-state index contributed by atoms with van der Waals surface area (Å²) in [6.45, 7) is 5.12. The van der Waals surface area contributed by atoms with E-state index in [2.05, 4.69) is 11.8 Å². The van der Waals surface area contributed by atoms with E-state index in [0.717, 1.165) is 12.5 Å². The van der Waals surface area contributed by atoms with E-state index in [0.29, 0.717) is 38.8 Å². The van der Waals surface area contributed by atoms with Gasteiger partial charge in [0.05, 0.1) is 13.2 Å². The maximum atomic E-state index is 11.6. The summed E-state index contributed by atoms with van der Waals surface area (Å²) in [7, 11) is 1.69. The van der Waals surface area contributed by atoms with Crippen molar-refractivity contribution in [3.63, 3.8) is 0 Å². The Morgan fingerprint density at radius 2 is 2.32 bits per heavy atom. The molecule has 2 rings (SSSR count). The zero-order chi connectivity index (χ0) is 13.9. The Morgan fingerprint density at radius 3 is 2.79 bits per heavy atom. The van der Waals surface area contributed by atoms with Crippen LogP contribution in [-0.4, -0.2) is 62.0 Å². The molecular weight excluding hydrogens is 246 g/mol. The molecule has 5 heteroatoms. The average Bonchev–Trinajstić information content (AvgIpc) is 3.13. The zero-order valence-corrected chi connectivity index (χ0v) is 11.9. The van der Waals surface area contributed by atoms with Crippen LogP contribution in [0, 0.1) is 11.3 Å². The first-order chi connectivity index (χ1) is 9.09. The molecule has 2 atom stereocenters. The first-order valence-electron chi connectivity index (χ1n) is 7.13. The van der Waals surface area contributed by atoms with Gasteiger partial charge in [-0.3, -0.25) is 9.69 Å². The third-order valence-corrected chi connectivity index (χ3v) is 4.53. The topological polar surface area (TPSA) is 59.0 Å². The highest BCUT2D eigenvalue weighted by molar-refractivity contribution is 5.75. The Morgan fingerprint density at radius 1 is 1.58 bits per heavy atom. The lowest BCUT2D eigenvalue weighted by atomic mass is 9.86. The second-order valence-electron chi connectivity index (χ2n) is 5.93. The number of carboxylic acid groups (broad SMARTS) is 1. The molecule has 19 heavy (non-hydrogen) atoms. The van der Waals surface area contributed by atoms with Gasteiger partial charge in [-0.2, -0.15) is 0 Å². The SMILES string of the molecule is COCCN(CC1(C(=O)O)CCOC1)C(C)C1CC1. The molecule has 0 radical (unpaired) electrons. The molecule has 2 fully saturated rings. The van der Waals surface area contributed by atoms with Crippen molar-refractivity contribution in [2.75, 3.05) is 40.0 Å². The highest BCUT2D eigenvalue weighted by Crippen LogP contribution is 2.37. The quantitative estimate of drug-likeness (QED) is 0.719. The van der Waals surface area contributed by atoms with E-state index in [1.807, 2.05) is 0 Å². The van der Waals surface area contributed by atoms with Crippen LogP contribution in [0.25, 0.3) is 0 Å². The van der Waals surface area contributed by atoms with Crippen molar-refractivity contribution in [1.82, 2.24) is 4.90 Å². The Kier molecular flexibility index (Phi) is 4.81. The summed E-state index contributed by atoms with van der Waals surface area (Å²) in [5, 5.41) is 9.54. The summed E-state index contributed by atoms with van der Waals surface area (Å²) < 4.78 is 10.5. The van der Waals surface area contributed by atoms with E-state index in [9.17, 15) is 9.90 Å². The lowest BCUT2D eigenvalue weighted by molar-refractivity contribution is -0.150. The fourth-order valence-corrected chi connectivity index (χ4v) is 2.87. The molecule has 0 spiro atoms. The lowest BCUT2D eigenvalue weighted by Gasteiger charge is -2.35. The second kappa shape index (κ2) is 6.20. The van der Waals surface area contributed by atoms with Crippen molar-refractivity contribution >= 4 is 5.97 Å². The number of hydrogen-bond acceptors (Lipinski definition) is 4. The van der Waals surface area contributed by atoms with Crippen LogP contribution in [0.4, 0.5) is 0 Å². The van der Waals surface area contributed by atoms with Gasteiger partial charge in [-0.25, -0.2) is 0 Å². The molecular formula is C14H25NO4. The van der Waals surface area contributed by atoms with Crippen molar-refractivity contribution in [1.29, 1.82) is 0 Å². The number of aliphatic carboxylic acids is 1. The summed E-state index contributed by atoms with van der Waals surface area (Å²) >= 11 is 0. The maximum absolute atomic E-state index is 11.6. The van der Waals surface area contributed by atoms with E-state index in [1.54, 1.807) is 7.11 Å². The third kappa shape index (κ3) is 3.46. The van der Waals surface area contributed by atoms with Gasteiger partial charge < -0.3 is 14.6 Å². The van der Waals surface area contributed by atoms with Crippen LogP contribution < -0.4 is 0 Å². The Balaban J connectivity index is 2.02. The van der Waals surface area contributed by atoms with Crippen molar-refractivity contribution in [3.8, 4) is 0 Å². The van der Waals surface area contributed by atoms with Crippen LogP contribution in [0.3, 0.4) is 0 Å². The van der Waals surface area contributed by atoms with E-state index in [1.165, 1.54) is 12.8 Å². The molecule has 0 aromatic heterocycles. The molecule has 2 aliphatic rings. The van der Waals surface area contributed by atoms with Gasteiger partial charge in [0.15, 0.2) is 0 Å². The van der Waals surface area contributed by atoms with Crippen molar-refractivity contribution < 1.29 is 19.4 Å². The minimum Gasteiger partial charge on any atom is -0.481 e. The predicted octanol–water partition coefficient (Wildman–Crippen LogP) is 1.22. The number of rotatable bonds is 8. The van der Waals surface area contributed by atoms with Gasteiger partial charge in [-0.05, 0) is 32.1 Å². The minimum absolute atomic E-state index is 0.337. The van der Waals surface area contributed by atoms with Gasteiger partial charge in [-0.1, -0.05) is 0 Å². The summed E-state index contributed by atoms with van der Waals surface area (Å²) in [5.41, 5.74) is -0.725. The summed E-state index contributed by atoms with van der Waals surface area (Å²) in [6, 6.07) is 0.437. The van der Waals surface area contributed by atoms with E-state index < -0.39 is 11.4 Å². The molecule has 0 aromatic rings. The zero-order valence-electron chi connectivity index (χ0n) is 11.9. The molecule has 1 N–H and O–H groups in total. The fourth-order valence-electron chi connectivity index (χ4n) is 2.87. The number of nitrogens with zero attached hydrogens (tertiary/aromatic N) is 1. The van der Waals surface area contributed by atoms with E-state index >= 15 is 0 Å². The van der Waals surface area contributed by atoms with Crippen LogP contribution in [-0.2, 0) is 14.3 Å². The summed E-state index contributed by atoms with van der Waals surface area (Å²) in [6.07, 6.45) is 3.14. The molecule has 0 aromatic carbocycles. The highest BCUT2D eigenvalue weighted by Gasteiger charge is 2.45. The molecule has 0 bridgehead atoms. The molecule has 1 saturated heterocycles. The van der Waals surface area contributed by atoms with Gasteiger partial charge in [0.2, 0.25) is 0 Å². The van der Waals surface area contributed by atoms with Gasteiger partial charge in [0.25, 0.3) is 0 Å². The average molecular weight is 271 g/mol. The Bertz CT molecular complexity index is 311. The summed E-state index contributed by atoms with van der Waals surface area (Å²) in [5.74, 6) is 0.000404. The number of ether oxygens (including phenoxy) is 2. The first-order valence-corrected chi connectivity index (χ1v) is 7.13. The van der Waals surface area contributed by atoms with Crippen LogP contribution in [0.5, 0.6) is 0 Å². The second-order valence-corrected chi connectivity index (χ2v) is 5.93. The molecule has 1 aliphatic heterocycles. The van der Waals surface area contributed by atoms with Crippen molar-refractivity contribution in [3.05, 3.63) is 0 Å². The minimum atomic E-state index is -0.726. The predicted molar refractivity (Wildman–Crippen MR) is 71.1 cm³/mol. The largest absolute Gasteiger partial charge is 0.481 e. The molecule has 1 heterocycles. The smallest absolute Gasteiger partial charge is 0.313 e. The van der Waals surface area contributed by atoms with Crippen molar-refractivity contribution in [2.45, 2.75) is 32.2 Å². The maximum Gasteiger partial charge on any atom is 0.313 e.